The molecule has 4 nitrogen and oxygen atoms in total. The van der Waals surface area contributed by atoms with Crippen LogP contribution in [0.2, 0.25) is 0 Å². The number of halogens is 2. The molecule has 17 heavy (non-hydrogen) atoms. The van der Waals surface area contributed by atoms with Crippen LogP contribution in [-0.2, 0) is 0 Å². The third-order valence-corrected chi connectivity index (χ3v) is 3.02. The zero-order valence-corrected chi connectivity index (χ0v) is 11.9. The first-order valence-corrected chi connectivity index (χ1v) is 6.23. The number of hydrogen-bond acceptors (Lipinski definition) is 3. The molecule has 0 aliphatic rings. The Labute approximate surface area is 114 Å². The highest BCUT2D eigenvalue weighted by atomic mass is 79.9. The quantitative estimate of drug-likeness (QED) is 0.882. The van der Waals surface area contributed by atoms with Crippen molar-refractivity contribution in [2.45, 2.75) is 6.92 Å². The van der Waals surface area contributed by atoms with Crippen molar-refractivity contribution in [1.29, 1.82) is 0 Å². The maximum atomic E-state index is 10.9. The topological polar surface area (TPSA) is 63.3 Å². The minimum Gasteiger partial charge on any atom is -0.476 e. The van der Waals surface area contributed by atoms with Gasteiger partial charge in [-0.05, 0) is 25.1 Å². The molecule has 0 spiro atoms. The van der Waals surface area contributed by atoms with Crippen LogP contribution in [0.3, 0.4) is 0 Å². The summed E-state index contributed by atoms with van der Waals surface area (Å²) in [7, 11) is 0. The maximum absolute atomic E-state index is 10.9. The van der Waals surface area contributed by atoms with Crippen molar-refractivity contribution < 1.29 is 14.3 Å². The molecule has 0 fully saturated rings. The van der Waals surface area contributed by atoms with Crippen LogP contribution < -0.4 is 0 Å². The number of aromatic carboxylic acids is 1. The van der Waals surface area contributed by atoms with E-state index in [0.717, 1.165) is 8.95 Å². The average Bonchev–Trinajstić information content (AvgIpc) is 2.59. The first-order chi connectivity index (χ1) is 7.97. The first-order valence-electron chi connectivity index (χ1n) is 4.64. The first kappa shape index (κ1) is 12.3. The number of benzene rings is 1. The van der Waals surface area contributed by atoms with Crippen LogP contribution in [0.4, 0.5) is 0 Å². The Balaban J connectivity index is 2.53. The zero-order valence-electron chi connectivity index (χ0n) is 8.70. The molecule has 0 bridgehead atoms. The van der Waals surface area contributed by atoms with Crippen molar-refractivity contribution in [3.05, 3.63) is 38.6 Å². The lowest BCUT2D eigenvalue weighted by Crippen LogP contribution is -1.98. The fraction of sp³-hybridized carbons (Fsp3) is 0.0909. The fourth-order valence-corrected chi connectivity index (χ4v) is 2.69. The Morgan fingerprint density at radius 3 is 2.35 bits per heavy atom. The summed E-state index contributed by atoms with van der Waals surface area (Å²) in [6, 6.07) is 5.49. The third kappa shape index (κ3) is 2.58. The molecular weight excluding hydrogens is 354 g/mol. The summed E-state index contributed by atoms with van der Waals surface area (Å²) < 4.78 is 7.05. The summed E-state index contributed by atoms with van der Waals surface area (Å²) in [6.07, 6.45) is 0. The normalized spacial score (nSPS) is 10.5. The van der Waals surface area contributed by atoms with Gasteiger partial charge in [0.25, 0.3) is 0 Å². The molecule has 1 aromatic heterocycles. The molecule has 0 aliphatic carbocycles. The van der Waals surface area contributed by atoms with E-state index in [0.29, 0.717) is 17.2 Å². The number of nitrogens with zero attached hydrogens (tertiary/aromatic N) is 1. The van der Waals surface area contributed by atoms with Crippen LogP contribution in [0.25, 0.3) is 11.5 Å². The van der Waals surface area contributed by atoms with Gasteiger partial charge in [-0.2, -0.15) is 0 Å². The Hall–Kier alpha value is -1.14. The van der Waals surface area contributed by atoms with Crippen molar-refractivity contribution in [2.75, 3.05) is 0 Å². The lowest BCUT2D eigenvalue weighted by atomic mass is 10.2. The smallest absolute Gasteiger partial charge is 0.358 e. The lowest BCUT2D eigenvalue weighted by Gasteiger charge is -1.98. The van der Waals surface area contributed by atoms with Crippen molar-refractivity contribution in [3.63, 3.8) is 0 Å². The molecule has 2 aromatic rings. The van der Waals surface area contributed by atoms with E-state index >= 15 is 0 Å². The monoisotopic (exact) mass is 359 g/mol. The van der Waals surface area contributed by atoms with Crippen LogP contribution in [0, 0.1) is 6.92 Å². The highest BCUT2D eigenvalue weighted by Crippen LogP contribution is 2.28. The van der Waals surface area contributed by atoms with Gasteiger partial charge >= 0.3 is 5.97 Å². The predicted octanol–water partition coefficient (Wildman–Crippen LogP) is 3.87. The number of aromatic nitrogens is 1. The summed E-state index contributed by atoms with van der Waals surface area (Å²) in [6.45, 7) is 1.58. The zero-order chi connectivity index (χ0) is 12.6. The second kappa shape index (κ2) is 4.62. The lowest BCUT2D eigenvalue weighted by molar-refractivity contribution is 0.0689. The highest BCUT2D eigenvalue weighted by molar-refractivity contribution is 9.11. The second-order valence-corrected chi connectivity index (χ2v) is 5.22. The van der Waals surface area contributed by atoms with E-state index in [2.05, 4.69) is 36.8 Å². The van der Waals surface area contributed by atoms with E-state index in [1.807, 2.05) is 18.2 Å². The van der Waals surface area contributed by atoms with Gasteiger partial charge in [-0.3, -0.25) is 0 Å². The molecule has 0 saturated heterocycles. The predicted molar refractivity (Wildman–Crippen MR) is 69.0 cm³/mol. The summed E-state index contributed by atoms with van der Waals surface area (Å²) in [5.41, 5.74) is 0.651. The van der Waals surface area contributed by atoms with E-state index in [1.54, 1.807) is 6.92 Å². The molecule has 0 atom stereocenters. The van der Waals surface area contributed by atoms with Crippen molar-refractivity contribution in [3.8, 4) is 11.5 Å². The second-order valence-electron chi connectivity index (χ2n) is 3.39. The van der Waals surface area contributed by atoms with Crippen molar-refractivity contribution in [1.82, 2.24) is 4.98 Å². The summed E-state index contributed by atoms with van der Waals surface area (Å²) in [5, 5.41) is 8.89. The minimum absolute atomic E-state index is 0.0592. The molecule has 1 aromatic carbocycles. The molecular formula is C11H7Br2NO3. The number of rotatable bonds is 2. The van der Waals surface area contributed by atoms with Crippen molar-refractivity contribution >= 4 is 37.8 Å². The molecule has 0 radical (unpaired) electrons. The SMILES string of the molecule is Cc1oc(-c2cc(Br)cc(Br)c2)nc1C(=O)O. The molecule has 0 aliphatic heterocycles. The fourth-order valence-electron chi connectivity index (χ4n) is 1.40. The Morgan fingerprint density at radius 1 is 1.29 bits per heavy atom. The van der Waals surface area contributed by atoms with E-state index in [1.165, 1.54) is 0 Å². The Kier molecular flexibility index (Phi) is 3.35. The van der Waals surface area contributed by atoms with Gasteiger partial charge in [0, 0.05) is 14.5 Å². The summed E-state index contributed by atoms with van der Waals surface area (Å²) in [5.74, 6) is -0.503. The van der Waals surface area contributed by atoms with Gasteiger partial charge in [0.05, 0.1) is 0 Å². The molecule has 1 N–H and O–H groups in total. The van der Waals surface area contributed by atoms with Crippen molar-refractivity contribution in [2.24, 2.45) is 0 Å². The Morgan fingerprint density at radius 2 is 1.88 bits per heavy atom. The summed E-state index contributed by atoms with van der Waals surface area (Å²) >= 11 is 6.70. The number of aryl methyl sites for hydroxylation is 1. The Bertz CT molecular complexity index is 572. The number of oxazole rings is 1. The number of hydrogen-bond donors (Lipinski definition) is 1. The van der Waals surface area contributed by atoms with Gasteiger partial charge in [0.1, 0.15) is 5.76 Å². The van der Waals surface area contributed by atoms with Crippen LogP contribution in [-0.4, -0.2) is 16.1 Å². The molecule has 0 amide bonds. The van der Waals surface area contributed by atoms with Gasteiger partial charge in [0.2, 0.25) is 5.89 Å². The van der Waals surface area contributed by atoms with Gasteiger partial charge in [-0.25, -0.2) is 9.78 Å². The molecule has 88 valence electrons. The summed E-state index contributed by atoms with van der Waals surface area (Å²) in [4.78, 5) is 14.8. The van der Waals surface area contributed by atoms with E-state index in [-0.39, 0.29) is 5.69 Å². The number of carboxylic acids is 1. The van der Waals surface area contributed by atoms with Crippen LogP contribution in [0.5, 0.6) is 0 Å². The number of carbonyl (C=O) groups is 1. The van der Waals surface area contributed by atoms with Gasteiger partial charge in [0.15, 0.2) is 5.69 Å². The molecule has 2 rings (SSSR count). The molecule has 6 heteroatoms. The third-order valence-electron chi connectivity index (χ3n) is 2.11. The van der Waals surface area contributed by atoms with E-state index in [4.69, 9.17) is 9.52 Å². The van der Waals surface area contributed by atoms with E-state index < -0.39 is 5.97 Å². The van der Waals surface area contributed by atoms with Gasteiger partial charge in [-0.15, -0.1) is 0 Å². The maximum Gasteiger partial charge on any atom is 0.358 e. The standard InChI is InChI=1S/C11H7Br2NO3/c1-5-9(11(15)16)14-10(17-5)6-2-7(12)4-8(13)3-6/h2-4H,1H3,(H,15,16). The van der Waals surface area contributed by atoms with Crippen LogP contribution >= 0.6 is 31.9 Å². The number of carboxylic acid groups (broad SMARTS) is 1. The van der Waals surface area contributed by atoms with Gasteiger partial charge in [-0.1, -0.05) is 31.9 Å². The van der Waals surface area contributed by atoms with Crippen LogP contribution in [0.1, 0.15) is 16.2 Å². The molecule has 1 heterocycles. The van der Waals surface area contributed by atoms with Gasteiger partial charge < -0.3 is 9.52 Å². The molecule has 0 saturated carbocycles. The van der Waals surface area contributed by atoms with E-state index in [9.17, 15) is 4.79 Å². The minimum atomic E-state index is -1.09. The average molecular weight is 361 g/mol. The molecule has 0 unspecified atom stereocenters. The largest absolute Gasteiger partial charge is 0.476 e. The highest BCUT2D eigenvalue weighted by Gasteiger charge is 2.17. The van der Waals surface area contributed by atoms with Crippen LogP contribution in [0.15, 0.2) is 31.6 Å².